The van der Waals surface area contributed by atoms with E-state index in [0.29, 0.717) is 6.04 Å². The van der Waals surface area contributed by atoms with Gasteiger partial charge in [-0.15, -0.1) is 0 Å². The summed E-state index contributed by atoms with van der Waals surface area (Å²) in [6, 6.07) is 0.715. The van der Waals surface area contributed by atoms with Gasteiger partial charge in [0, 0.05) is 6.04 Å². The van der Waals surface area contributed by atoms with Gasteiger partial charge in [0.25, 0.3) is 0 Å². The van der Waals surface area contributed by atoms with E-state index < -0.39 is 0 Å². The fraction of sp³-hybridized carbons (Fsp3) is 1.00. The Bertz CT molecular complexity index is 177. The Balaban J connectivity index is 3.13. The lowest BCUT2D eigenvalue weighted by molar-refractivity contribution is 0.228. The van der Waals surface area contributed by atoms with Gasteiger partial charge in [0.05, 0.1) is 0 Å². The highest BCUT2D eigenvalue weighted by molar-refractivity contribution is 4.60. The summed E-state index contributed by atoms with van der Waals surface area (Å²) < 4.78 is 0. The first kappa shape index (κ1) is 20.0. The molecule has 0 rings (SSSR count). The molecular weight excluding hydrogens is 242 g/mol. The Morgan fingerprint density at radius 2 is 1.00 bits per heavy atom. The van der Waals surface area contributed by atoms with Gasteiger partial charge in [-0.25, -0.2) is 0 Å². The largest absolute Gasteiger partial charge is 0.301 e. The first-order valence-electron chi connectivity index (χ1n) is 9.46. The van der Waals surface area contributed by atoms with Crippen molar-refractivity contribution >= 4 is 0 Å². The van der Waals surface area contributed by atoms with E-state index in [2.05, 4.69) is 32.6 Å². The Labute approximate surface area is 129 Å². The molecule has 0 amide bonds. The van der Waals surface area contributed by atoms with Crippen LogP contribution in [-0.4, -0.2) is 24.0 Å². The summed E-state index contributed by atoms with van der Waals surface area (Å²) >= 11 is 0. The summed E-state index contributed by atoms with van der Waals surface area (Å²) in [4.78, 5) is 2.58. The van der Waals surface area contributed by atoms with Gasteiger partial charge in [-0.05, 0) is 33.4 Å². The van der Waals surface area contributed by atoms with Crippen molar-refractivity contribution in [3.63, 3.8) is 0 Å². The minimum atomic E-state index is 0.715. The monoisotopic (exact) mass is 283 g/mol. The third kappa shape index (κ3) is 13.0. The van der Waals surface area contributed by atoms with E-state index in [1.165, 1.54) is 90.1 Å². The van der Waals surface area contributed by atoms with Crippen molar-refractivity contribution in [3.05, 3.63) is 0 Å². The highest BCUT2D eigenvalue weighted by Crippen LogP contribution is 2.12. The van der Waals surface area contributed by atoms with Crippen LogP contribution in [0.1, 0.15) is 105 Å². The van der Waals surface area contributed by atoms with Crippen molar-refractivity contribution in [1.29, 1.82) is 0 Å². The molecule has 0 atom stereocenters. The lowest BCUT2D eigenvalue weighted by Gasteiger charge is -2.24. The average molecular weight is 284 g/mol. The van der Waals surface area contributed by atoms with Crippen molar-refractivity contribution in [1.82, 2.24) is 4.90 Å². The summed E-state index contributed by atoms with van der Waals surface area (Å²) in [7, 11) is 0. The number of rotatable bonds is 15. The zero-order valence-electron chi connectivity index (χ0n) is 14.9. The summed E-state index contributed by atoms with van der Waals surface area (Å²) in [5, 5.41) is 0. The van der Waals surface area contributed by atoms with Gasteiger partial charge in [0.15, 0.2) is 0 Å². The van der Waals surface area contributed by atoms with Crippen molar-refractivity contribution < 1.29 is 0 Å². The smallest absolute Gasteiger partial charge is 0.00384 e. The summed E-state index contributed by atoms with van der Waals surface area (Å²) in [5.74, 6) is 0. The molecule has 0 heterocycles. The van der Waals surface area contributed by atoms with Crippen LogP contribution in [0.3, 0.4) is 0 Å². The lowest BCUT2D eigenvalue weighted by Crippen LogP contribution is -2.31. The van der Waals surface area contributed by atoms with Crippen LogP contribution in [0.2, 0.25) is 0 Å². The van der Waals surface area contributed by atoms with Crippen molar-refractivity contribution in [3.8, 4) is 0 Å². The second kappa shape index (κ2) is 15.4. The predicted molar refractivity (Wildman–Crippen MR) is 93.5 cm³/mol. The van der Waals surface area contributed by atoms with E-state index in [1.807, 2.05) is 0 Å². The number of hydrogen-bond acceptors (Lipinski definition) is 1. The van der Waals surface area contributed by atoms with E-state index >= 15 is 0 Å². The van der Waals surface area contributed by atoms with Gasteiger partial charge in [-0.3, -0.25) is 0 Å². The second-order valence-corrected chi connectivity index (χ2v) is 6.61. The average Bonchev–Trinajstić information content (AvgIpc) is 2.43. The van der Waals surface area contributed by atoms with Gasteiger partial charge in [0.1, 0.15) is 0 Å². The van der Waals surface area contributed by atoms with Crippen molar-refractivity contribution in [2.75, 3.05) is 13.1 Å². The van der Waals surface area contributed by atoms with Gasteiger partial charge < -0.3 is 4.90 Å². The van der Waals surface area contributed by atoms with E-state index in [9.17, 15) is 0 Å². The van der Waals surface area contributed by atoms with Crippen LogP contribution in [0.15, 0.2) is 0 Å². The number of nitrogens with zero attached hydrogens (tertiary/aromatic N) is 1. The molecule has 1 heteroatoms. The highest BCUT2D eigenvalue weighted by Gasteiger charge is 2.05. The molecule has 0 fully saturated rings. The molecule has 0 saturated carbocycles. The fourth-order valence-electron chi connectivity index (χ4n) is 2.94. The van der Waals surface area contributed by atoms with Crippen LogP contribution in [0.5, 0.6) is 0 Å². The molecule has 0 radical (unpaired) electrons. The first-order chi connectivity index (χ1) is 9.72. The molecule has 0 aliphatic heterocycles. The van der Waals surface area contributed by atoms with Gasteiger partial charge in [-0.2, -0.15) is 0 Å². The van der Waals surface area contributed by atoms with Crippen LogP contribution in [-0.2, 0) is 0 Å². The Kier molecular flexibility index (Phi) is 15.3. The van der Waals surface area contributed by atoms with E-state index in [1.54, 1.807) is 0 Å². The molecule has 0 aromatic rings. The normalized spacial score (nSPS) is 11.7. The predicted octanol–water partition coefficient (Wildman–Crippen LogP) is 6.42. The van der Waals surface area contributed by atoms with Crippen LogP contribution in [0.4, 0.5) is 0 Å². The molecule has 0 unspecified atom stereocenters. The van der Waals surface area contributed by atoms with E-state index in [4.69, 9.17) is 0 Å². The number of unbranched alkanes of at least 4 members (excludes halogenated alkanes) is 11. The topological polar surface area (TPSA) is 3.24 Å². The van der Waals surface area contributed by atoms with Gasteiger partial charge in [0.2, 0.25) is 0 Å². The first-order valence-corrected chi connectivity index (χ1v) is 9.46. The van der Waals surface area contributed by atoms with E-state index in [-0.39, 0.29) is 0 Å². The maximum Gasteiger partial charge on any atom is 0.00384 e. The molecule has 0 spiro atoms. The van der Waals surface area contributed by atoms with Crippen LogP contribution in [0, 0.1) is 0 Å². The third-order valence-corrected chi connectivity index (χ3v) is 4.44. The molecular formula is C19H41N. The minimum absolute atomic E-state index is 0.715. The van der Waals surface area contributed by atoms with E-state index in [0.717, 1.165) is 0 Å². The van der Waals surface area contributed by atoms with Crippen molar-refractivity contribution in [2.45, 2.75) is 111 Å². The van der Waals surface area contributed by atoms with Gasteiger partial charge >= 0.3 is 0 Å². The maximum absolute atomic E-state index is 2.58. The second-order valence-electron chi connectivity index (χ2n) is 6.61. The molecule has 122 valence electrons. The molecule has 0 bridgehead atoms. The molecule has 0 saturated heterocycles. The maximum atomic E-state index is 2.58. The standard InChI is InChI=1S/C19H41N/c1-5-7-8-9-10-11-12-13-14-15-16-17-18-20(6-2)19(3)4/h19H,5-18H2,1-4H3. The van der Waals surface area contributed by atoms with Gasteiger partial charge in [-0.1, -0.05) is 84.5 Å². The lowest BCUT2D eigenvalue weighted by atomic mass is 10.1. The molecule has 1 nitrogen and oxygen atoms in total. The Hall–Kier alpha value is -0.0400. The zero-order valence-corrected chi connectivity index (χ0v) is 14.9. The van der Waals surface area contributed by atoms with Crippen LogP contribution >= 0.6 is 0 Å². The molecule has 0 N–H and O–H groups in total. The third-order valence-electron chi connectivity index (χ3n) is 4.44. The Morgan fingerprint density at radius 1 is 0.600 bits per heavy atom. The van der Waals surface area contributed by atoms with Crippen LogP contribution < -0.4 is 0 Å². The molecule has 0 aromatic carbocycles. The number of hydrogen-bond donors (Lipinski definition) is 0. The molecule has 0 aromatic heterocycles. The SMILES string of the molecule is CCCCCCCCCCCCCCN(CC)C(C)C. The van der Waals surface area contributed by atoms with Crippen LogP contribution in [0.25, 0.3) is 0 Å². The van der Waals surface area contributed by atoms with Crippen molar-refractivity contribution in [2.24, 2.45) is 0 Å². The summed E-state index contributed by atoms with van der Waals surface area (Å²) in [5.41, 5.74) is 0. The molecule has 0 aliphatic rings. The quantitative estimate of drug-likeness (QED) is 0.313. The summed E-state index contributed by atoms with van der Waals surface area (Å²) in [6.07, 6.45) is 17.3. The summed E-state index contributed by atoms with van der Waals surface area (Å²) in [6.45, 7) is 11.7. The fourth-order valence-corrected chi connectivity index (χ4v) is 2.94. The molecule has 0 aliphatic carbocycles. The molecule has 20 heavy (non-hydrogen) atoms. The highest BCUT2D eigenvalue weighted by atomic mass is 15.1. The Morgan fingerprint density at radius 3 is 1.35 bits per heavy atom. The minimum Gasteiger partial charge on any atom is -0.301 e. The zero-order chi connectivity index (χ0) is 15.1.